The third-order valence-electron chi connectivity index (χ3n) is 5.55. The molecule has 1 saturated heterocycles. The van der Waals surface area contributed by atoms with Gasteiger partial charge in [0.25, 0.3) is 6.47 Å². The number of carbonyl (C=O) groups excluding carboxylic acids is 1. The number of aliphatic imine (C=N–C) groups is 1. The summed E-state index contributed by atoms with van der Waals surface area (Å²) >= 11 is 12.0. The van der Waals surface area contributed by atoms with Gasteiger partial charge in [0.1, 0.15) is 5.69 Å². The lowest BCUT2D eigenvalue weighted by atomic mass is 10.0. The van der Waals surface area contributed by atoms with Crippen molar-refractivity contribution in [2.45, 2.75) is 39.0 Å². The number of hydrogen-bond acceptors (Lipinski definition) is 7. The van der Waals surface area contributed by atoms with Gasteiger partial charge in [-0.3, -0.25) is 14.4 Å². The van der Waals surface area contributed by atoms with E-state index >= 15 is 0 Å². The number of nitrogens with zero attached hydrogens (tertiary/aromatic N) is 5. The molecule has 8 nitrogen and oxygen atoms in total. The van der Waals surface area contributed by atoms with E-state index in [1.165, 1.54) is 5.06 Å². The van der Waals surface area contributed by atoms with Crippen molar-refractivity contribution < 1.29 is 14.4 Å². The van der Waals surface area contributed by atoms with Crippen LogP contribution in [0.4, 0.5) is 5.69 Å². The van der Waals surface area contributed by atoms with E-state index in [9.17, 15) is 4.79 Å². The molecule has 0 radical (unpaired) electrons. The van der Waals surface area contributed by atoms with Crippen molar-refractivity contribution in [3.63, 3.8) is 0 Å². The van der Waals surface area contributed by atoms with Crippen molar-refractivity contribution in [2.24, 2.45) is 4.99 Å². The highest BCUT2D eigenvalue weighted by atomic mass is 35.5. The van der Waals surface area contributed by atoms with Crippen LogP contribution in [-0.4, -0.2) is 39.6 Å². The van der Waals surface area contributed by atoms with Gasteiger partial charge in [-0.05, 0) is 38.3 Å². The zero-order valence-electron chi connectivity index (χ0n) is 17.2. The molecule has 10 heteroatoms. The first-order valence-corrected chi connectivity index (χ1v) is 10.8. The second-order valence-electron chi connectivity index (χ2n) is 7.46. The average molecular weight is 464 g/mol. The molecule has 1 fully saturated rings. The molecular formula is C21H23Cl2N5O3. The monoisotopic (exact) mass is 463 g/mol. The van der Waals surface area contributed by atoms with Gasteiger partial charge < -0.3 is 9.57 Å². The second-order valence-corrected chi connectivity index (χ2v) is 8.17. The van der Waals surface area contributed by atoms with Gasteiger partial charge >= 0.3 is 5.36 Å². The maximum atomic E-state index is 11.1. The molecule has 3 heterocycles. The summed E-state index contributed by atoms with van der Waals surface area (Å²) in [6.07, 6.45) is 2.92. The predicted octanol–water partition coefficient (Wildman–Crippen LogP) is 4.39. The van der Waals surface area contributed by atoms with Crippen LogP contribution >= 0.6 is 23.2 Å². The molecule has 4 rings (SSSR count). The molecule has 2 aliphatic heterocycles. The van der Waals surface area contributed by atoms with Crippen LogP contribution in [0.3, 0.4) is 0 Å². The molecule has 0 N–H and O–H groups in total. The summed E-state index contributed by atoms with van der Waals surface area (Å²) in [5.41, 5.74) is 3.51. The summed E-state index contributed by atoms with van der Waals surface area (Å²) in [5, 5.41) is 6.45. The van der Waals surface area contributed by atoms with Crippen molar-refractivity contribution in [1.29, 1.82) is 0 Å². The molecule has 2 aromatic rings. The van der Waals surface area contributed by atoms with E-state index in [0.29, 0.717) is 6.47 Å². The topological polar surface area (TPSA) is 72.2 Å². The van der Waals surface area contributed by atoms with Crippen LogP contribution in [0.1, 0.15) is 42.1 Å². The lowest BCUT2D eigenvalue weighted by molar-refractivity contribution is -0.146. The summed E-state index contributed by atoms with van der Waals surface area (Å²) < 4.78 is 7.44. The fourth-order valence-electron chi connectivity index (χ4n) is 4.19. The third kappa shape index (κ3) is 4.56. The maximum Gasteiger partial charge on any atom is 0.317 e. The zero-order valence-corrected chi connectivity index (χ0v) is 18.8. The smallest absolute Gasteiger partial charge is 0.317 e. The van der Waals surface area contributed by atoms with Gasteiger partial charge in [-0.25, -0.2) is 0 Å². The lowest BCUT2D eigenvalue weighted by Crippen LogP contribution is -2.38. The number of halogens is 2. The molecule has 0 aliphatic carbocycles. The Morgan fingerprint density at radius 1 is 1.19 bits per heavy atom. The second kappa shape index (κ2) is 9.30. The number of ether oxygens (including phenoxy) is 1. The number of aromatic nitrogens is 2. The number of likely N-dealkylation sites (tertiary alicyclic amines) is 1. The number of carbonyl (C=O) groups is 1. The van der Waals surface area contributed by atoms with E-state index < -0.39 is 0 Å². The van der Waals surface area contributed by atoms with Crippen LogP contribution < -0.4 is 5.06 Å². The fraction of sp³-hybridized carbons (Fsp3) is 0.381. The number of aryl methyl sites for hydroxylation is 1. The standard InChI is InChI=1S/C21H23Cl2N5O3/c1-14-19(27-12-18(22)24-21(23)31-27)15(2)28(25-14)17-8-10-26(11-9-17)20(30-13-29)16-6-4-3-5-7-16/h3-7,12-13,17,20H,8-11H2,1-2H3. The molecule has 0 saturated carbocycles. The highest BCUT2D eigenvalue weighted by Gasteiger charge is 2.31. The van der Waals surface area contributed by atoms with Crippen molar-refractivity contribution in [3.8, 4) is 0 Å². The average Bonchev–Trinajstić information content (AvgIpc) is 3.06. The van der Waals surface area contributed by atoms with Gasteiger partial charge in [0.2, 0.25) is 0 Å². The SMILES string of the molecule is Cc1nn(C2CCN(C(OC=O)c3ccccc3)CC2)c(C)c1N1C=C(Cl)N=C(Cl)O1. The molecule has 31 heavy (non-hydrogen) atoms. The number of anilines is 1. The Balaban J connectivity index is 1.49. The van der Waals surface area contributed by atoms with E-state index in [-0.39, 0.29) is 22.8 Å². The summed E-state index contributed by atoms with van der Waals surface area (Å²) in [6.45, 7) is 5.98. The first-order valence-electron chi connectivity index (χ1n) is 10.0. The molecule has 1 aromatic heterocycles. The Labute approximate surface area is 190 Å². The Kier molecular flexibility index (Phi) is 6.50. The molecule has 0 amide bonds. The van der Waals surface area contributed by atoms with Crippen LogP contribution in [0.2, 0.25) is 0 Å². The molecule has 1 unspecified atom stereocenters. The molecule has 1 atom stereocenters. The lowest BCUT2D eigenvalue weighted by Gasteiger charge is -2.36. The van der Waals surface area contributed by atoms with E-state index in [2.05, 4.69) is 9.89 Å². The van der Waals surface area contributed by atoms with Crippen molar-refractivity contribution >= 4 is 40.7 Å². The van der Waals surface area contributed by atoms with Gasteiger partial charge in [0.15, 0.2) is 11.4 Å². The third-order valence-corrected chi connectivity index (χ3v) is 5.88. The summed E-state index contributed by atoms with van der Waals surface area (Å²) in [6, 6.07) is 9.99. The van der Waals surface area contributed by atoms with Gasteiger partial charge in [-0.15, -0.1) is 0 Å². The minimum absolute atomic E-state index is 0.0468. The first kappa shape index (κ1) is 21.7. The van der Waals surface area contributed by atoms with Crippen molar-refractivity contribution in [2.75, 3.05) is 18.2 Å². The number of hydroxylamine groups is 1. The number of hydrogen-bond donors (Lipinski definition) is 0. The van der Waals surface area contributed by atoms with Crippen LogP contribution in [0.15, 0.2) is 46.7 Å². The number of benzene rings is 1. The maximum absolute atomic E-state index is 11.1. The number of rotatable bonds is 6. The van der Waals surface area contributed by atoms with E-state index in [0.717, 1.165) is 48.6 Å². The highest BCUT2D eigenvalue weighted by Crippen LogP contribution is 2.35. The van der Waals surface area contributed by atoms with Crippen LogP contribution in [0.5, 0.6) is 0 Å². The fourth-order valence-corrected chi connectivity index (χ4v) is 4.56. The van der Waals surface area contributed by atoms with E-state index in [1.807, 2.05) is 48.9 Å². The Hall–Kier alpha value is -2.55. The minimum atomic E-state index is -0.383. The Bertz CT molecular complexity index is 1000. The summed E-state index contributed by atoms with van der Waals surface area (Å²) in [5.74, 6) is 0. The van der Waals surface area contributed by atoms with Gasteiger partial charge in [0.05, 0.1) is 23.6 Å². The predicted molar refractivity (Wildman–Crippen MR) is 119 cm³/mol. The highest BCUT2D eigenvalue weighted by molar-refractivity contribution is 6.63. The quantitative estimate of drug-likeness (QED) is 0.467. The number of piperidine rings is 1. The Morgan fingerprint density at radius 2 is 1.90 bits per heavy atom. The summed E-state index contributed by atoms with van der Waals surface area (Å²) in [4.78, 5) is 22.6. The molecule has 2 aliphatic rings. The molecule has 164 valence electrons. The molecular weight excluding hydrogens is 441 g/mol. The molecule has 1 aromatic carbocycles. The molecule has 0 bridgehead atoms. The van der Waals surface area contributed by atoms with Crippen LogP contribution in [0.25, 0.3) is 0 Å². The van der Waals surface area contributed by atoms with Gasteiger partial charge in [-0.1, -0.05) is 41.9 Å². The van der Waals surface area contributed by atoms with Gasteiger partial charge in [-0.2, -0.15) is 15.2 Å². The minimum Gasteiger partial charge on any atom is -0.444 e. The van der Waals surface area contributed by atoms with Gasteiger partial charge in [0, 0.05) is 18.7 Å². The van der Waals surface area contributed by atoms with Crippen molar-refractivity contribution in [3.05, 3.63) is 58.6 Å². The zero-order chi connectivity index (χ0) is 22.0. The summed E-state index contributed by atoms with van der Waals surface area (Å²) in [7, 11) is 0. The van der Waals surface area contributed by atoms with Crippen LogP contribution in [-0.2, 0) is 14.4 Å². The molecule has 0 spiro atoms. The van der Waals surface area contributed by atoms with E-state index in [4.69, 9.17) is 37.9 Å². The normalized spacial score (nSPS) is 18.8. The van der Waals surface area contributed by atoms with E-state index in [1.54, 1.807) is 6.20 Å². The van der Waals surface area contributed by atoms with Crippen molar-refractivity contribution in [1.82, 2.24) is 14.7 Å². The largest absolute Gasteiger partial charge is 0.444 e. The van der Waals surface area contributed by atoms with Crippen LogP contribution in [0, 0.1) is 13.8 Å². The Morgan fingerprint density at radius 3 is 2.55 bits per heavy atom. The first-order chi connectivity index (χ1) is 15.0.